The van der Waals surface area contributed by atoms with E-state index in [1.54, 1.807) is 40.7 Å². The molecule has 0 bridgehead atoms. The quantitative estimate of drug-likeness (QED) is 0.389. The number of aliphatic hydroxyl groups is 2. The van der Waals surface area contributed by atoms with Crippen LogP contribution in [-0.2, 0) is 52.3 Å². The van der Waals surface area contributed by atoms with Crippen LogP contribution in [0.4, 0.5) is 0 Å². The highest BCUT2D eigenvalue weighted by atomic mass is 16.7. The smallest absolute Gasteiger partial charge is 0.198 e. The number of carbonyl (C=O) groups excluding carboxylic acids is 5. The lowest BCUT2D eigenvalue weighted by Crippen LogP contribution is -2.69. The predicted molar refractivity (Wildman–Crippen MR) is 199 cm³/mol. The molecule has 5 fully saturated rings. The van der Waals surface area contributed by atoms with E-state index < -0.39 is 120 Å². The molecule has 1 aromatic rings. The lowest BCUT2D eigenvalue weighted by atomic mass is 9.57. The fourth-order valence-corrected chi connectivity index (χ4v) is 10.0. The molecule has 0 amide bonds. The summed E-state index contributed by atoms with van der Waals surface area (Å²) in [5, 5.41) is 36.1. The molecule has 4 saturated heterocycles. The van der Waals surface area contributed by atoms with Gasteiger partial charge in [-0.3, -0.25) is 24.0 Å². The largest absolute Gasteiger partial charge is 0.507 e. The number of hydrogen-bond donors (Lipinski definition) is 3. The molecule has 59 heavy (non-hydrogen) atoms. The van der Waals surface area contributed by atoms with Gasteiger partial charge in [0, 0.05) is 48.8 Å². The minimum Gasteiger partial charge on any atom is -0.507 e. The highest BCUT2D eigenvalue weighted by Gasteiger charge is 2.67. The molecule has 9 rings (SSSR count). The average Bonchev–Trinajstić information content (AvgIpc) is 3.16. The molecule has 3 N–H and O–H groups in total. The minimum absolute atomic E-state index is 0.101. The molecule has 0 radical (unpaired) electrons. The first-order valence-electron chi connectivity index (χ1n) is 20.3. The Kier molecular flexibility index (Phi) is 9.90. The number of ketones is 5. The number of aromatic hydroxyl groups is 1. The highest BCUT2D eigenvalue weighted by Crippen LogP contribution is 2.53. The van der Waals surface area contributed by atoms with Crippen molar-refractivity contribution in [2.75, 3.05) is 0 Å². The Morgan fingerprint density at radius 3 is 2.36 bits per heavy atom. The van der Waals surface area contributed by atoms with Crippen LogP contribution >= 0.6 is 0 Å². The zero-order valence-electron chi connectivity index (χ0n) is 33.3. The maximum absolute atomic E-state index is 14.4. The van der Waals surface area contributed by atoms with E-state index in [1.165, 1.54) is 24.3 Å². The van der Waals surface area contributed by atoms with Gasteiger partial charge in [0.25, 0.3) is 0 Å². The SMILES string of the molecule is CC1OC(OC2CCC(OC3(C)CC(=O)C4(O)C5=C(C=CC4(O)C3)C(=O)c3c(ccc(C4CC6OC7CC(=O)C(C)OC7OC6C(C)O4)c3O)C5=O)OC2C)C=CC1=O. The summed E-state index contributed by atoms with van der Waals surface area (Å²) < 4.78 is 48.6. The van der Waals surface area contributed by atoms with E-state index in [0.717, 1.165) is 6.08 Å². The van der Waals surface area contributed by atoms with Crippen molar-refractivity contribution >= 4 is 28.9 Å². The van der Waals surface area contributed by atoms with Gasteiger partial charge in [0.05, 0.1) is 47.3 Å². The molecule has 5 aliphatic heterocycles. The van der Waals surface area contributed by atoms with E-state index in [4.69, 9.17) is 37.9 Å². The maximum Gasteiger partial charge on any atom is 0.198 e. The van der Waals surface area contributed by atoms with Crippen molar-refractivity contribution in [1.29, 1.82) is 0 Å². The molecule has 16 nitrogen and oxygen atoms in total. The average molecular weight is 821 g/mol. The fourth-order valence-electron chi connectivity index (χ4n) is 10.0. The standard InChI is InChI=1S/C43H48O16/c1-18-25(44)8-10-32(53-18)57-27-9-11-33(54-20(27)3)59-41(5)16-31(46)43(51)35-24(12-13-42(43,50)17-41)37(48)34-23(38(35)49)7-6-22(36(34)47)28-15-29-39(21(4)52-28)58-40-30(56-29)14-26(45)19(2)55-40/h6-8,10,12-13,18-21,27-30,32-33,39-40,47,50-51H,9,11,14-17H2,1-5H3. The predicted octanol–water partition coefficient (Wildman–Crippen LogP) is 2.72. The fraction of sp³-hybridized carbons (Fsp3) is 0.605. The molecule has 1 saturated carbocycles. The lowest BCUT2D eigenvalue weighted by Gasteiger charge is -2.53. The number of ether oxygens (including phenoxy) is 8. The molecule has 3 aliphatic carbocycles. The van der Waals surface area contributed by atoms with Crippen molar-refractivity contribution in [3.05, 3.63) is 64.3 Å². The monoisotopic (exact) mass is 820 g/mol. The summed E-state index contributed by atoms with van der Waals surface area (Å²) in [6.07, 6.45) is -1.64. The van der Waals surface area contributed by atoms with E-state index in [1.807, 2.05) is 0 Å². The molecule has 0 aromatic heterocycles. The van der Waals surface area contributed by atoms with Gasteiger partial charge in [-0.05, 0) is 65.3 Å². The summed E-state index contributed by atoms with van der Waals surface area (Å²) in [4.78, 5) is 66.9. The second-order valence-electron chi connectivity index (χ2n) is 17.3. The summed E-state index contributed by atoms with van der Waals surface area (Å²) in [7, 11) is 0. The number of rotatable bonds is 5. The molecule has 15 unspecified atom stereocenters. The van der Waals surface area contributed by atoms with Crippen molar-refractivity contribution in [1.82, 2.24) is 0 Å². The van der Waals surface area contributed by atoms with Crippen LogP contribution < -0.4 is 0 Å². The van der Waals surface area contributed by atoms with Crippen LogP contribution in [0.1, 0.15) is 106 Å². The summed E-state index contributed by atoms with van der Waals surface area (Å²) in [5.74, 6) is -3.39. The number of Topliss-reactive ketones (excluding diaryl/α,β-unsaturated/α-hetero) is 4. The van der Waals surface area contributed by atoms with Crippen molar-refractivity contribution in [2.24, 2.45) is 0 Å². The van der Waals surface area contributed by atoms with Gasteiger partial charge < -0.3 is 53.2 Å². The molecule has 1 aromatic carbocycles. The van der Waals surface area contributed by atoms with E-state index in [2.05, 4.69) is 0 Å². The molecule has 5 heterocycles. The lowest BCUT2D eigenvalue weighted by molar-refractivity contribution is -0.347. The second-order valence-corrected chi connectivity index (χ2v) is 17.3. The van der Waals surface area contributed by atoms with Gasteiger partial charge in [-0.2, -0.15) is 0 Å². The molecule has 15 atom stereocenters. The van der Waals surface area contributed by atoms with Gasteiger partial charge in [0.2, 0.25) is 0 Å². The van der Waals surface area contributed by atoms with Gasteiger partial charge in [-0.15, -0.1) is 0 Å². The number of benzene rings is 1. The summed E-state index contributed by atoms with van der Waals surface area (Å²) in [5.41, 5.74) is -7.76. The van der Waals surface area contributed by atoms with Crippen LogP contribution in [-0.4, -0.2) is 129 Å². The van der Waals surface area contributed by atoms with Crippen LogP contribution in [0.15, 0.2) is 47.6 Å². The van der Waals surface area contributed by atoms with Crippen LogP contribution in [0.25, 0.3) is 0 Å². The normalized spacial score (nSPS) is 44.4. The topological polar surface area (TPSA) is 220 Å². The zero-order chi connectivity index (χ0) is 41.9. The number of phenolic OH excluding ortho intramolecular Hbond substituents is 1. The Morgan fingerprint density at radius 1 is 0.831 bits per heavy atom. The molecular weight excluding hydrogens is 772 g/mol. The van der Waals surface area contributed by atoms with E-state index in [0.29, 0.717) is 12.8 Å². The number of hydrogen-bond acceptors (Lipinski definition) is 16. The Hall–Kier alpha value is -3.81. The van der Waals surface area contributed by atoms with E-state index in [-0.39, 0.29) is 59.2 Å². The van der Waals surface area contributed by atoms with Crippen molar-refractivity contribution in [3.63, 3.8) is 0 Å². The van der Waals surface area contributed by atoms with Crippen LogP contribution in [0.2, 0.25) is 0 Å². The minimum atomic E-state index is -2.81. The maximum atomic E-state index is 14.4. The molecule has 8 aliphatic rings. The third-order valence-electron chi connectivity index (χ3n) is 13.1. The number of fused-ring (bicyclic) bond motifs is 5. The van der Waals surface area contributed by atoms with Crippen molar-refractivity contribution < 1.29 is 77.2 Å². The number of allylic oxidation sites excluding steroid dienone is 2. The Balaban J connectivity index is 0.912. The van der Waals surface area contributed by atoms with Crippen LogP contribution in [0.5, 0.6) is 5.75 Å². The highest BCUT2D eigenvalue weighted by molar-refractivity contribution is 6.32. The van der Waals surface area contributed by atoms with E-state index in [9.17, 15) is 39.3 Å². The van der Waals surface area contributed by atoms with E-state index >= 15 is 0 Å². The van der Waals surface area contributed by atoms with Gasteiger partial charge >= 0.3 is 0 Å². The third kappa shape index (κ3) is 6.54. The Morgan fingerprint density at radius 2 is 1.61 bits per heavy atom. The molecule has 316 valence electrons. The molecule has 0 spiro atoms. The van der Waals surface area contributed by atoms with Crippen LogP contribution in [0.3, 0.4) is 0 Å². The first-order valence-corrected chi connectivity index (χ1v) is 20.3. The molecule has 16 heteroatoms. The first kappa shape index (κ1) is 40.6. The van der Waals surface area contributed by atoms with Gasteiger partial charge in [0.1, 0.15) is 35.8 Å². The van der Waals surface area contributed by atoms with Crippen LogP contribution in [0, 0.1) is 0 Å². The Labute approximate surface area is 339 Å². The summed E-state index contributed by atoms with van der Waals surface area (Å²) in [6, 6.07) is 2.79. The van der Waals surface area contributed by atoms with Gasteiger partial charge in [-0.25, -0.2) is 0 Å². The van der Waals surface area contributed by atoms with Gasteiger partial charge in [0.15, 0.2) is 53.4 Å². The van der Waals surface area contributed by atoms with Gasteiger partial charge in [-0.1, -0.05) is 12.1 Å². The van der Waals surface area contributed by atoms with Crippen molar-refractivity contribution in [3.8, 4) is 5.75 Å². The molecular formula is C43H48O16. The first-order chi connectivity index (χ1) is 27.9. The Bertz CT molecular complexity index is 2110. The summed E-state index contributed by atoms with van der Waals surface area (Å²) in [6.45, 7) is 8.50. The number of carbonyl (C=O) groups is 5. The number of phenols is 1. The van der Waals surface area contributed by atoms with Crippen molar-refractivity contribution in [2.45, 2.75) is 164 Å². The zero-order valence-corrected chi connectivity index (χ0v) is 33.3. The third-order valence-corrected chi connectivity index (χ3v) is 13.1. The summed E-state index contributed by atoms with van der Waals surface area (Å²) >= 11 is 0. The second kappa shape index (κ2) is 14.4.